The Balaban J connectivity index is 1.99. The minimum Gasteiger partial charge on any atom is -0.647 e. The number of rotatable bonds is 7. The van der Waals surface area contributed by atoms with E-state index in [9.17, 15) is 4.89 Å². The van der Waals surface area contributed by atoms with Crippen LogP contribution in [0.2, 0.25) is 0 Å². The second kappa shape index (κ2) is 8.92. The zero-order valence-electron chi connectivity index (χ0n) is 15.3. The first-order chi connectivity index (χ1) is 11.4. The molecule has 24 heavy (non-hydrogen) atoms. The van der Waals surface area contributed by atoms with E-state index in [4.69, 9.17) is 0 Å². The van der Waals surface area contributed by atoms with Crippen molar-refractivity contribution in [2.24, 2.45) is 11.8 Å². The predicted octanol–water partition coefficient (Wildman–Crippen LogP) is 4.36. The van der Waals surface area contributed by atoms with Gasteiger partial charge in [-0.05, 0) is 36.3 Å². The Hall–Kier alpha value is -0.990. The van der Waals surface area contributed by atoms with Crippen molar-refractivity contribution in [2.75, 3.05) is 0 Å². The van der Waals surface area contributed by atoms with E-state index in [0.717, 1.165) is 12.8 Å². The molecule has 4 heteroatoms. The Bertz CT molecular complexity index is 556. The summed E-state index contributed by atoms with van der Waals surface area (Å²) in [6, 6.07) is 10.7. The molecule has 1 aromatic carbocycles. The Kier molecular flexibility index (Phi) is 7.18. The van der Waals surface area contributed by atoms with Crippen molar-refractivity contribution in [2.45, 2.75) is 52.6 Å². The van der Waals surface area contributed by atoms with Gasteiger partial charge in [0.2, 0.25) is 0 Å². The molecule has 0 bridgehead atoms. The van der Waals surface area contributed by atoms with Crippen molar-refractivity contribution in [3.63, 3.8) is 0 Å². The fraction of sp³-hybridized carbons (Fsp3) is 0.500. The van der Waals surface area contributed by atoms with Gasteiger partial charge in [0, 0.05) is 12.1 Å². The lowest BCUT2D eigenvalue weighted by molar-refractivity contribution is -0.175. The normalized spacial score (nSPS) is 25.7. The summed E-state index contributed by atoms with van der Waals surface area (Å²) in [6.07, 6.45) is 8.18. The summed E-state index contributed by atoms with van der Waals surface area (Å²) >= 11 is 0. The Morgan fingerprint density at radius 3 is 2.58 bits per heavy atom. The summed E-state index contributed by atoms with van der Waals surface area (Å²) in [6.45, 7) is 8.69. The van der Waals surface area contributed by atoms with Crippen molar-refractivity contribution in [1.29, 1.82) is 0 Å². The molecule has 0 radical (unpaired) electrons. The molecule has 0 saturated carbocycles. The Labute approximate surface area is 147 Å². The molecule has 3 atom stereocenters. The molecular formula is C20H31N2OP. The van der Waals surface area contributed by atoms with Crippen molar-refractivity contribution in [1.82, 2.24) is 10.2 Å². The molecule has 0 spiro atoms. The molecule has 1 aliphatic rings. The summed E-state index contributed by atoms with van der Waals surface area (Å²) in [5, 5.41) is 6.77. The summed E-state index contributed by atoms with van der Waals surface area (Å²) in [5.41, 5.74) is 1.20. The van der Waals surface area contributed by atoms with Gasteiger partial charge in [0.25, 0.3) is 0 Å². The molecule has 0 amide bonds. The first kappa shape index (κ1) is 19.3. The lowest BCUT2D eigenvalue weighted by atomic mass is 10.0. The quantitative estimate of drug-likeness (QED) is 0.721. The number of nitrogens with one attached hydrogen (secondary N) is 2. The highest BCUT2D eigenvalue weighted by atomic mass is 31.2. The van der Waals surface area contributed by atoms with Crippen LogP contribution in [0.3, 0.4) is 0 Å². The molecule has 2 rings (SSSR count). The van der Waals surface area contributed by atoms with Crippen LogP contribution in [0.5, 0.6) is 0 Å². The smallest absolute Gasteiger partial charge is 0.127 e. The zero-order chi connectivity index (χ0) is 17.6. The van der Waals surface area contributed by atoms with Gasteiger partial charge in [0.1, 0.15) is 7.79 Å². The zero-order valence-corrected chi connectivity index (χ0v) is 16.2. The van der Waals surface area contributed by atoms with Gasteiger partial charge in [-0.2, -0.15) is 10.2 Å². The van der Waals surface area contributed by atoms with Gasteiger partial charge < -0.3 is 4.89 Å². The van der Waals surface area contributed by atoms with Crippen LogP contribution in [-0.4, -0.2) is 12.1 Å². The minimum absolute atomic E-state index is 0.179. The maximum atomic E-state index is 13.2. The summed E-state index contributed by atoms with van der Waals surface area (Å²) in [7, 11) is -2.66. The summed E-state index contributed by atoms with van der Waals surface area (Å²) < 4.78 is 0. The first-order valence-corrected chi connectivity index (χ1v) is 10.7. The largest absolute Gasteiger partial charge is 0.647 e. The number of benzene rings is 1. The van der Waals surface area contributed by atoms with Crippen LogP contribution in [0.15, 0.2) is 48.3 Å². The van der Waals surface area contributed by atoms with E-state index >= 15 is 0 Å². The molecule has 1 aliphatic heterocycles. The highest BCUT2D eigenvalue weighted by Crippen LogP contribution is 2.47. The van der Waals surface area contributed by atoms with Gasteiger partial charge in [-0.1, -0.05) is 70.2 Å². The topological polar surface area (TPSA) is 47.1 Å². The van der Waals surface area contributed by atoms with Crippen molar-refractivity contribution < 1.29 is 4.89 Å². The summed E-state index contributed by atoms with van der Waals surface area (Å²) in [5.74, 6) is 2.73. The average Bonchev–Trinajstić information content (AvgIpc) is 2.54. The van der Waals surface area contributed by atoms with Gasteiger partial charge in [-0.15, -0.1) is 0 Å². The van der Waals surface area contributed by atoms with E-state index in [-0.39, 0.29) is 12.1 Å². The Morgan fingerprint density at radius 1 is 1.25 bits per heavy atom. The van der Waals surface area contributed by atoms with Gasteiger partial charge in [0.15, 0.2) is 0 Å². The molecule has 0 aromatic heterocycles. The standard InChI is InChI=1S/C20H31N2OP/c1-16(2)19(13-8-12-18-10-6-5-7-11-18)21-24(23)15-9-14-20(22-24)17(3)4/h5-12,15-17,19-20H,13-14H2,1-4H3,(H2,21,22,23)/b12-8+/t19-,20-,24?/m0/s1. The van der Waals surface area contributed by atoms with Crippen LogP contribution in [0.1, 0.15) is 46.1 Å². The van der Waals surface area contributed by atoms with E-state index in [1.807, 2.05) is 24.0 Å². The number of hydrogen-bond acceptors (Lipinski definition) is 3. The number of hydrogen-bond donors (Lipinski definition) is 2. The fourth-order valence-electron chi connectivity index (χ4n) is 2.83. The molecule has 3 nitrogen and oxygen atoms in total. The molecule has 1 aromatic rings. The third-order valence-electron chi connectivity index (χ3n) is 4.53. The van der Waals surface area contributed by atoms with Gasteiger partial charge in [0.05, 0.1) is 5.82 Å². The van der Waals surface area contributed by atoms with Gasteiger partial charge in [-0.25, -0.2) is 0 Å². The lowest BCUT2D eigenvalue weighted by Crippen LogP contribution is -2.48. The van der Waals surface area contributed by atoms with Gasteiger partial charge in [-0.3, -0.25) is 0 Å². The van der Waals surface area contributed by atoms with Crippen LogP contribution in [-0.2, 0) is 0 Å². The Morgan fingerprint density at radius 2 is 1.96 bits per heavy atom. The van der Waals surface area contributed by atoms with Crippen LogP contribution in [0, 0.1) is 11.8 Å². The van der Waals surface area contributed by atoms with E-state index in [0.29, 0.717) is 11.8 Å². The van der Waals surface area contributed by atoms with E-state index in [1.54, 1.807) is 0 Å². The van der Waals surface area contributed by atoms with Crippen molar-refractivity contribution in [3.05, 3.63) is 53.9 Å². The van der Waals surface area contributed by atoms with E-state index < -0.39 is 7.79 Å². The SMILES string of the molecule is CC(C)[C@@H]1CC=C[P+]([O-])(N[C@@H](C/C=C/c2ccccc2)C(C)C)N1. The van der Waals surface area contributed by atoms with E-state index in [1.165, 1.54) is 5.56 Å². The minimum atomic E-state index is -2.66. The van der Waals surface area contributed by atoms with Gasteiger partial charge >= 0.3 is 0 Å². The molecule has 1 unspecified atom stereocenters. The van der Waals surface area contributed by atoms with Crippen LogP contribution < -0.4 is 15.1 Å². The van der Waals surface area contributed by atoms with Crippen LogP contribution >= 0.6 is 7.79 Å². The maximum absolute atomic E-state index is 13.2. The third-order valence-corrected chi connectivity index (χ3v) is 6.59. The molecule has 0 fully saturated rings. The predicted molar refractivity (Wildman–Crippen MR) is 104 cm³/mol. The molecular weight excluding hydrogens is 315 g/mol. The molecule has 132 valence electrons. The van der Waals surface area contributed by atoms with Crippen molar-refractivity contribution in [3.8, 4) is 0 Å². The van der Waals surface area contributed by atoms with Crippen molar-refractivity contribution >= 4 is 13.9 Å². The molecule has 0 saturated heterocycles. The van der Waals surface area contributed by atoms with Crippen LogP contribution in [0.25, 0.3) is 6.08 Å². The molecule has 0 aliphatic carbocycles. The lowest BCUT2D eigenvalue weighted by Gasteiger charge is -2.39. The molecule has 2 N–H and O–H groups in total. The average molecular weight is 346 g/mol. The molecule has 1 heterocycles. The monoisotopic (exact) mass is 346 g/mol. The van der Waals surface area contributed by atoms with Crippen LogP contribution in [0.4, 0.5) is 0 Å². The highest BCUT2D eigenvalue weighted by molar-refractivity contribution is 7.68. The first-order valence-electron chi connectivity index (χ1n) is 8.94. The summed E-state index contributed by atoms with van der Waals surface area (Å²) in [4.78, 5) is 13.2. The van der Waals surface area contributed by atoms with E-state index in [2.05, 4.69) is 68.2 Å². The second-order valence-electron chi connectivity index (χ2n) is 7.29. The second-order valence-corrected chi connectivity index (χ2v) is 9.42. The maximum Gasteiger partial charge on any atom is 0.127 e. The fourth-order valence-corrected chi connectivity index (χ4v) is 5.29. The third kappa shape index (κ3) is 5.82. The highest BCUT2D eigenvalue weighted by Gasteiger charge is 2.34.